The van der Waals surface area contributed by atoms with Crippen LogP contribution in [-0.2, 0) is 6.54 Å². The maximum Gasteiger partial charge on any atom is 0.243 e. The molecule has 1 aliphatic heterocycles. The SMILES string of the molecule is CC1N=CC=[N+]1Cc1ccccc1. The molecule has 1 aliphatic rings. The second-order valence-electron chi connectivity index (χ2n) is 3.24. The van der Waals surface area contributed by atoms with Crippen LogP contribution in [0.4, 0.5) is 0 Å². The average Bonchev–Trinajstić information content (AvgIpc) is 2.54. The number of nitrogens with zero attached hydrogens (tertiary/aromatic N) is 2. The molecule has 1 atom stereocenters. The fourth-order valence-corrected chi connectivity index (χ4v) is 1.44. The summed E-state index contributed by atoms with van der Waals surface area (Å²) in [5.41, 5.74) is 1.33. The Labute approximate surface area is 78.3 Å². The molecule has 1 aromatic rings. The van der Waals surface area contributed by atoms with E-state index < -0.39 is 0 Å². The summed E-state index contributed by atoms with van der Waals surface area (Å²) in [6.45, 7) is 3.05. The van der Waals surface area contributed by atoms with E-state index >= 15 is 0 Å². The van der Waals surface area contributed by atoms with E-state index in [9.17, 15) is 0 Å². The summed E-state index contributed by atoms with van der Waals surface area (Å²) in [6, 6.07) is 10.4. The molecule has 2 nitrogen and oxygen atoms in total. The zero-order chi connectivity index (χ0) is 9.10. The Morgan fingerprint density at radius 3 is 2.69 bits per heavy atom. The highest BCUT2D eigenvalue weighted by Gasteiger charge is 2.16. The van der Waals surface area contributed by atoms with Crippen LogP contribution in [0.1, 0.15) is 12.5 Å². The van der Waals surface area contributed by atoms with Crippen molar-refractivity contribution in [2.75, 3.05) is 0 Å². The second-order valence-corrected chi connectivity index (χ2v) is 3.24. The molecule has 0 spiro atoms. The number of hydrogen-bond donors (Lipinski definition) is 0. The van der Waals surface area contributed by atoms with Crippen molar-refractivity contribution in [1.29, 1.82) is 0 Å². The van der Waals surface area contributed by atoms with Crippen LogP contribution in [0.5, 0.6) is 0 Å². The third-order valence-corrected chi connectivity index (χ3v) is 2.25. The predicted octanol–water partition coefficient (Wildman–Crippen LogP) is 1.70. The molecule has 0 N–H and O–H groups in total. The van der Waals surface area contributed by atoms with Crippen molar-refractivity contribution in [3.05, 3.63) is 35.9 Å². The highest BCUT2D eigenvalue weighted by Crippen LogP contribution is 2.05. The molecule has 13 heavy (non-hydrogen) atoms. The van der Waals surface area contributed by atoms with E-state index in [0.717, 1.165) is 6.54 Å². The Balaban J connectivity index is 2.08. The van der Waals surface area contributed by atoms with E-state index in [-0.39, 0.29) is 0 Å². The van der Waals surface area contributed by atoms with Crippen LogP contribution in [0.2, 0.25) is 0 Å². The molecular weight excluding hydrogens is 160 g/mol. The fraction of sp³-hybridized carbons (Fsp3) is 0.273. The molecular formula is C11H13N2+. The minimum absolute atomic E-state index is 0.292. The number of aliphatic imine (C=N–C) groups is 1. The lowest BCUT2D eigenvalue weighted by Gasteiger charge is -2.02. The molecule has 0 aromatic heterocycles. The maximum atomic E-state index is 4.26. The molecule has 0 aliphatic carbocycles. The van der Waals surface area contributed by atoms with Crippen LogP contribution >= 0.6 is 0 Å². The summed E-state index contributed by atoms with van der Waals surface area (Å²) in [7, 11) is 0. The first-order valence-electron chi connectivity index (χ1n) is 4.52. The van der Waals surface area contributed by atoms with Crippen molar-refractivity contribution < 1.29 is 4.58 Å². The zero-order valence-corrected chi connectivity index (χ0v) is 7.72. The molecule has 0 radical (unpaired) electrons. The predicted molar refractivity (Wildman–Crippen MR) is 54.4 cm³/mol. The van der Waals surface area contributed by atoms with Gasteiger partial charge in [0.25, 0.3) is 0 Å². The van der Waals surface area contributed by atoms with Crippen molar-refractivity contribution in [2.45, 2.75) is 19.6 Å². The van der Waals surface area contributed by atoms with Gasteiger partial charge in [0, 0.05) is 12.5 Å². The van der Waals surface area contributed by atoms with Crippen LogP contribution in [0, 0.1) is 0 Å². The van der Waals surface area contributed by atoms with Crippen molar-refractivity contribution in [3.8, 4) is 0 Å². The monoisotopic (exact) mass is 173 g/mol. The first kappa shape index (κ1) is 8.17. The van der Waals surface area contributed by atoms with Gasteiger partial charge in [0.1, 0.15) is 0 Å². The van der Waals surface area contributed by atoms with Crippen LogP contribution in [0.25, 0.3) is 0 Å². The Morgan fingerprint density at radius 1 is 1.31 bits per heavy atom. The summed E-state index contributed by atoms with van der Waals surface area (Å²) in [5.74, 6) is 0. The second kappa shape index (κ2) is 3.52. The quantitative estimate of drug-likeness (QED) is 0.605. The number of hydrogen-bond acceptors (Lipinski definition) is 1. The molecule has 1 unspecified atom stereocenters. The Bertz CT molecular complexity index is 338. The van der Waals surface area contributed by atoms with Crippen molar-refractivity contribution >= 4 is 12.4 Å². The minimum Gasteiger partial charge on any atom is -0.220 e. The lowest BCUT2D eigenvalue weighted by molar-refractivity contribution is -0.567. The molecule has 0 amide bonds. The van der Waals surface area contributed by atoms with E-state index in [0.29, 0.717) is 6.17 Å². The molecule has 1 heterocycles. The molecule has 0 saturated heterocycles. The average molecular weight is 173 g/mol. The van der Waals surface area contributed by atoms with Gasteiger partial charge in [0.05, 0.1) is 6.21 Å². The van der Waals surface area contributed by atoms with E-state index in [2.05, 4.69) is 40.8 Å². The molecule has 2 heteroatoms. The molecule has 0 bridgehead atoms. The van der Waals surface area contributed by atoms with E-state index in [1.807, 2.05) is 18.5 Å². The smallest absolute Gasteiger partial charge is 0.220 e. The van der Waals surface area contributed by atoms with Gasteiger partial charge >= 0.3 is 0 Å². The van der Waals surface area contributed by atoms with Gasteiger partial charge in [-0.25, -0.2) is 9.57 Å². The van der Waals surface area contributed by atoms with Gasteiger partial charge in [-0.1, -0.05) is 30.3 Å². The molecule has 1 aromatic carbocycles. The Hall–Kier alpha value is -1.44. The molecule has 0 saturated carbocycles. The van der Waals surface area contributed by atoms with Crippen molar-refractivity contribution in [1.82, 2.24) is 0 Å². The zero-order valence-electron chi connectivity index (χ0n) is 7.72. The highest BCUT2D eigenvalue weighted by molar-refractivity contribution is 6.14. The Kier molecular flexibility index (Phi) is 2.21. The Morgan fingerprint density at radius 2 is 2.08 bits per heavy atom. The summed E-state index contributed by atoms with van der Waals surface area (Å²) in [6.07, 6.45) is 4.20. The van der Waals surface area contributed by atoms with Crippen molar-refractivity contribution in [3.63, 3.8) is 0 Å². The first-order chi connectivity index (χ1) is 6.36. The molecule has 66 valence electrons. The summed E-state index contributed by atoms with van der Waals surface area (Å²) in [5, 5.41) is 0. The van der Waals surface area contributed by atoms with Crippen LogP contribution in [0.3, 0.4) is 0 Å². The standard InChI is InChI=1S/C11H13N2/c1-10-12-7-8-13(10)9-11-5-3-2-4-6-11/h2-8,10H,9H2,1H3/q+1. The number of benzene rings is 1. The lowest BCUT2D eigenvalue weighted by Crippen LogP contribution is -2.17. The molecule has 2 rings (SSSR count). The summed E-state index contributed by atoms with van der Waals surface area (Å²) >= 11 is 0. The normalized spacial score (nSPS) is 20.4. The summed E-state index contributed by atoms with van der Waals surface area (Å²) in [4.78, 5) is 4.26. The van der Waals surface area contributed by atoms with Gasteiger partial charge in [-0.2, -0.15) is 0 Å². The topological polar surface area (TPSA) is 15.4 Å². The van der Waals surface area contributed by atoms with Gasteiger partial charge in [0.2, 0.25) is 6.17 Å². The largest absolute Gasteiger partial charge is 0.243 e. The van der Waals surface area contributed by atoms with Gasteiger partial charge in [-0.3, -0.25) is 0 Å². The highest BCUT2D eigenvalue weighted by atomic mass is 15.2. The van der Waals surface area contributed by atoms with Gasteiger partial charge in [0.15, 0.2) is 12.8 Å². The first-order valence-corrected chi connectivity index (χ1v) is 4.52. The number of rotatable bonds is 2. The maximum absolute atomic E-state index is 4.26. The van der Waals surface area contributed by atoms with Gasteiger partial charge in [-0.05, 0) is 0 Å². The van der Waals surface area contributed by atoms with E-state index in [1.54, 1.807) is 0 Å². The lowest BCUT2D eigenvalue weighted by atomic mass is 10.2. The molecule has 0 fully saturated rings. The third kappa shape index (κ3) is 1.83. The van der Waals surface area contributed by atoms with Gasteiger partial charge in [-0.15, -0.1) is 0 Å². The van der Waals surface area contributed by atoms with Crippen LogP contribution in [-0.4, -0.2) is 23.2 Å². The minimum atomic E-state index is 0.292. The van der Waals surface area contributed by atoms with Gasteiger partial charge < -0.3 is 0 Å². The third-order valence-electron chi connectivity index (χ3n) is 2.25. The van der Waals surface area contributed by atoms with Crippen LogP contribution < -0.4 is 0 Å². The van der Waals surface area contributed by atoms with E-state index in [4.69, 9.17) is 0 Å². The van der Waals surface area contributed by atoms with E-state index in [1.165, 1.54) is 5.56 Å². The summed E-state index contributed by atoms with van der Waals surface area (Å²) < 4.78 is 2.22. The van der Waals surface area contributed by atoms with Crippen LogP contribution in [0.15, 0.2) is 35.3 Å². The van der Waals surface area contributed by atoms with Crippen molar-refractivity contribution in [2.24, 2.45) is 4.99 Å². The fourth-order valence-electron chi connectivity index (χ4n) is 1.44.